The van der Waals surface area contributed by atoms with Crippen molar-refractivity contribution < 1.29 is 14.3 Å². The lowest BCUT2D eigenvalue weighted by Gasteiger charge is -2.35. The third-order valence-electron chi connectivity index (χ3n) is 5.76. The molecule has 0 rings (SSSR count). The maximum Gasteiger partial charge on any atom is 0.219 e. The molecule has 0 aromatic carbocycles. The quantitative estimate of drug-likeness (QED) is 0.500. The molecule has 0 spiro atoms. The Morgan fingerprint density at radius 1 is 0.917 bits per heavy atom. The van der Waals surface area contributed by atoms with Gasteiger partial charge < -0.3 is 10.1 Å². The van der Waals surface area contributed by atoms with Gasteiger partial charge in [0.25, 0.3) is 0 Å². The van der Waals surface area contributed by atoms with Gasteiger partial charge in [0.05, 0.1) is 5.60 Å². The molecule has 1 amide bonds. The first-order valence-electron chi connectivity index (χ1n) is 9.77. The van der Waals surface area contributed by atoms with E-state index >= 15 is 0 Å². The maximum atomic E-state index is 12.0. The van der Waals surface area contributed by atoms with E-state index < -0.39 is 0 Å². The predicted octanol–water partition coefficient (Wildman–Crippen LogP) is 4.65. The summed E-state index contributed by atoms with van der Waals surface area (Å²) in [4.78, 5) is 23.6. The molecule has 0 bridgehead atoms. The largest absolute Gasteiger partial charge is 0.375 e. The molecule has 0 aliphatic rings. The van der Waals surface area contributed by atoms with Crippen LogP contribution in [-0.4, -0.2) is 30.4 Å². The SMILES string of the molecule is CCCC(=O)NCCC(CC)(CC)OCCC(CC)(CC)C(C)=O. The second kappa shape index (κ2) is 11.6. The molecule has 4 heteroatoms. The molecule has 0 fully saturated rings. The molecule has 0 radical (unpaired) electrons. The molecule has 0 unspecified atom stereocenters. The van der Waals surface area contributed by atoms with Gasteiger partial charge in [0, 0.05) is 25.0 Å². The molecule has 0 aromatic heterocycles. The summed E-state index contributed by atoms with van der Waals surface area (Å²) < 4.78 is 6.28. The number of hydrogen-bond donors (Lipinski definition) is 1. The second-order valence-corrected chi connectivity index (χ2v) is 6.88. The molecule has 0 saturated carbocycles. The van der Waals surface area contributed by atoms with E-state index in [1.165, 1.54) is 0 Å². The summed E-state index contributed by atoms with van der Waals surface area (Å²) in [6, 6.07) is 0. The molecule has 0 saturated heterocycles. The fraction of sp³-hybridized carbons (Fsp3) is 0.900. The molecular formula is C20H39NO3. The van der Waals surface area contributed by atoms with Crippen molar-refractivity contribution in [3.63, 3.8) is 0 Å². The molecule has 4 nitrogen and oxygen atoms in total. The van der Waals surface area contributed by atoms with Crippen LogP contribution in [0.15, 0.2) is 0 Å². The molecule has 0 heterocycles. The van der Waals surface area contributed by atoms with Crippen LogP contribution in [0.2, 0.25) is 0 Å². The van der Waals surface area contributed by atoms with Crippen molar-refractivity contribution in [1.82, 2.24) is 5.32 Å². The molecular weight excluding hydrogens is 302 g/mol. The second-order valence-electron chi connectivity index (χ2n) is 6.88. The van der Waals surface area contributed by atoms with Gasteiger partial charge in [0.1, 0.15) is 5.78 Å². The van der Waals surface area contributed by atoms with Crippen molar-refractivity contribution in [2.45, 2.75) is 98.5 Å². The van der Waals surface area contributed by atoms with E-state index in [2.05, 4.69) is 33.0 Å². The standard InChI is InChI=1S/C20H39NO3/c1-7-12-18(23)21-15-13-20(10-4,11-5)24-16-14-19(8-2,9-3)17(6)22/h7-16H2,1-6H3,(H,21,23). The van der Waals surface area contributed by atoms with Crippen molar-refractivity contribution in [2.24, 2.45) is 5.41 Å². The van der Waals surface area contributed by atoms with E-state index in [1.54, 1.807) is 6.92 Å². The number of amides is 1. The van der Waals surface area contributed by atoms with E-state index in [4.69, 9.17) is 4.74 Å². The number of carbonyl (C=O) groups excluding carboxylic acids is 2. The lowest BCUT2D eigenvalue weighted by atomic mass is 9.76. The van der Waals surface area contributed by atoms with Crippen LogP contribution >= 0.6 is 0 Å². The Balaban J connectivity index is 4.60. The number of carbonyl (C=O) groups is 2. The van der Waals surface area contributed by atoms with Crippen molar-refractivity contribution in [1.29, 1.82) is 0 Å². The Morgan fingerprint density at radius 3 is 1.92 bits per heavy atom. The van der Waals surface area contributed by atoms with Crippen LogP contribution < -0.4 is 5.32 Å². The zero-order valence-electron chi connectivity index (χ0n) is 16.8. The minimum Gasteiger partial charge on any atom is -0.375 e. The van der Waals surface area contributed by atoms with Gasteiger partial charge >= 0.3 is 0 Å². The molecule has 1 N–H and O–H groups in total. The minimum absolute atomic E-state index is 0.117. The smallest absolute Gasteiger partial charge is 0.219 e. The third kappa shape index (κ3) is 6.92. The monoisotopic (exact) mass is 341 g/mol. The molecule has 142 valence electrons. The number of ether oxygens (including phenoxy) is 1. The number of rotatable bonds is 14. The Bertz CT molecular complexity index is 371. The zero-order chi connectivity index (χ0) is 18.6. The van der Waals surface area contributed by atoms with E-state index in [1.807, 2.05) is 6.92 Å². The summed E-state index contributed by atoms with van der Waals surface area (Å²) in [6.45, 7) is 13.4. The first-order chi connectivity index (χ1) is 11.3. The van der Waals surface area contributed by atoms with Crippen LogP contribution in [0, 0.1) is 5.41 Å². The average Bonchev–Trinajstić information content (AvgIpc) is 2.57. The zero-order valence-corrected chi connectivity index (χ0v) is 16.8. The van der Waals surface area contributed by atoms with Gasteiger partial charge in [-0.05, 0) is 51.9 Å². The van der Waals surface area contributed by atoms with Gasteiger partial charge in [-0.2, -0.15) is 0 Å². The Morgan fingerprint density at radius 2 is 1.50 bits per heavy atom. The van der Waals surface area contributed by atoms with Crippen LogP contribution in [-0.2, 0) is 14.3 Å². The summed E-state index contributed by atoms with van der Waals surface area (Å²) in [5, 5.41) is 2.98. The van der Waals surface area contributed by atoms with E-state index in [0.29, 0.717) is 19.6 Å². The summed E-state index contributed by atoms with van der Waals surface area (Å²) in [5.74, 6) is 0.382. The van der Waals surface area contributed by atoms with E-state index in [-0.39, 0.29) is 22.7 Å². The van der Waals surface area contributed by atoms with Crippen molar-refractivity contribution >= 4 is 11.7 Å². The van der Waals surface area contributed by atoms with Gasteiger partial charge in [-0.3, -0.25) is 9.59 Å². The van der Waals surface area contributed by atoms with Crippen molar-refractivity contribution in [2.75, 3.05) is 13.2 Å². The lowest BCUT2D eigenvalue weighted by molar-refractivity contribution is -0.130. The normalized spacial score (nSPS) is 12.2. The van der Waals surface area contributed by atoms with E-state index in [0.717, 1.165) is 44.9 Å². The first-order valence-corrected chi connectivity index (χ1v) is 9.77. The number of ketones is 1. The highest BCUT2D eigenvalue weighted by Gasteiger charge is 2.33. The van der Waals surface area contributed by atoms with Crippen LogP contribution in [0.1, 0.15) is 92.9 Å². The minimum atomic E-state index is -0.247. The molecule has 0 aromatic rings. The lowest BCUT2D eigenvalue weighted by Crippen LogP contribution is -2.38. The van der Waals surface area contributed by atoms with Gasteiger partial charge in [-0.25, -0.2) is 0 Å². The topological polar surface area (TPSA) is 55.4 Å². The highest BCUT2D eigenvalue weighted by atomic mass is 16.5. The highest BCUT2D eigenvalue weighted by molar-refractivity contribution is 5.82. The fourth-order valence-electron chi connectivity index (χ4n) is 3.37. The number of nitrogens with one attached hydrogen (secondary N) is 1. The highest BCUT2D eigenvalue weighted by Crippen LogP contribution is 2.33. The maximum absolute atomic E-state index is 12.0. The molecule has 24 heavy (non-hydrogen) atoms. The van der Waals surface area contributed by atoms with Gasteiger partial charge in [0.2, 0.25) is 5.91 Å². The molecule has 0 atom stereocenters. The van der Waals surface area contributed by atoms with Crippen LogP contribution in [0.4, 0.5) is 0 Å². The summed E-state index contributed by atoms with van der Waals surface area (Å²) in [6.07, 6.45) is 6.61. The van der Waals surface area contributed by atoms with Gasteiger partial charge in [-0.1, -0.05) is 34.6 Å². The average molecular weight is 342 g/mol. The van der Waals surface area contributed by atoms with Crippen molar-refractivity contribution in [3.8, 4) is 0 Å². The Labute approximate surface area is 149 Å². The third-order valence-corrected chi connectivity index (χ3v) is 5.76. The summed E-state index contributed by atoms with van der Waals surface area (Å²) >= 11 is 0. The molecule has 0 aliphatic carbocycles. The van der Waals surface area contributed by atoms with Crippen LogP contribution in [0.25, 0.3) is 0 Å². The Kier molecular flexibility index (Phi) is 11.2. The first kappa shape index (κ1) is 23.1. The Hall–Kier alpha value is -0.900. The van der Waals surface area contributed by atoms with Crippen LogP contribution in [0.5, 0.6) is 0 Å². The van der Waals surface area contributed by atoms with Crippen molar-refractivity contribution in [3.05, 3.63) is 0 Å². The number of hydrogen-bond acceptors (Lipinski definition) is 3. The predicted molar refractivity (Wildman–Crippen MR) is 100 cm³/mol. The van der Waals surface area contributed by atoms with E-state index in [9.17, 15) is 9.59 Å². The summed E-state index contributed by atoms with van der Waals surface area (Å²) in [5.41, 5.74) is -0.452. The van der Waals surface area contributed by atoms with Gasteiger partial charge in [-0.15, -0.1) is 0 Å². The molecule has 0 aliphatic heterocycles. The number of Topliss-reactive ketones (excluding diaryl/α,β-unsaturated/α-hetero) is 1. The van der Waals surface area contributed by atoms with Crippen LogP contribution in [0.3, 0.4) is 0 Å². The summed E-state index contributed by atoms with van der Waals surface area (Å²) in [7, 11) is 0. The van der Waals surface area contributed by atoms with Gasteiger partial charge in [0.15, 0.2) is 0 Å². The fourth-order valence-corrected chi connectivity index (χ4v) is 3.37.